The average molecular weight is 332 g/mol. The van der Waals surface area contributed by atoms with Gasteiger partial charge in [-0.3, -0.25) is 9.59 Å². The number of likely N-dealkylation sites (tertiary alicyclic amines) is 1. The van der Waals surface area contributed by atoms with Crippen molar-refractivity contribution in [3.63, 3.8) is 0 Å². The van der Waals surface area contributed by atoms with Crippen LogP contribution in [-0.4, -0.2) is 43.5 Å². The van der Waals surface area contributed by atoms with Crippen LogP contribution in [0.2, 0.25) is 0 Å². The molecular formula is C19H28N2O3. The van der Waals surface area contributed by atoms with Gasteiger partial charge in [-0.1, -0.05) is 17.7 Å². The van der Waals surface area contributed by atoms with Crippen molar-refractivity contribution >= 4 is 11.8 Å². The van der Waals surface area contributed by atoms with Gasteiger partial charge >= 0.3 is 0 Å². The molecule has 1 aliphatic heterocycles. The van der Waals surface area contributed by atoms with E-state index in [0.29, 0.717) is 19.6 Å². The fourth-order valence-corrected chi connectivity index (χ4v) is 3.44. The summed E-state index contributed by atoms with van der Waals surface area (Å²) in [5, 5.41) is 3.04. The number of ether oxygens (including phenoxy) is 1. The summed E-state index contributed by atoms with van der Waals surface area (Å²) >= 11 is 0. The average Bonchev–Trinajstić information content (AvgIpc) is 2.54. The zero-order valence-electron chi connectivity index (χ0n) is 15.1. The van der Waals surface area contributed by atoms with Crippen LogP contribution in [-0.2, 0) is 16.0 Å². The van der Waals surface area contributed by atoms with Crippen LogP contribution >= 0.6 is 0 Å². The third-order valence-corrected chi connectivity index (χ3v) is 4.70. The Kier molecular flexibility index (Phi) is 6.23. The number of aryl methyl sites for hydroxylation is 2. The van der Waals surface area contributed by atoms with Gasteiger partial charge in [-0.25, -0.2) is 0 Å². The molecule has 0 atom stereocenters. The fraction of sp³-hybridized carbons (Fsp3) is 0.579. The highest BCUT2D eigenvalue weighted by molar-refractivity contribution is 5.79. The van der Waals surface area contributed by atoms with Gasteiger partial charge in [0.05, 0.1) is 7.11 Å². The van der Waals surface area contributed by atoms with Crippen LogP contribution in [0.3, 0.4) is 0 Å². The molecule has 5 heteroatoms. The van der Waals surface area contributed by atoms with Gasteiger partial charge in [0.1, 0.15) is 5.75 Å². The van der Waals surface area contributed by atoms with E-state index in [2.05, 4.69) is 24.4 Å². The lowest BCUT2D eigenvalue weighted by Crippen LogP contribution is -2.42. The van der Waals surface area contributed by atoms with Crippen molar-refractivity contribution in [3.8, 4) is 5.75 Å². The summed E-state index contributed by atoms with van der Waals surface area (Å²) in [6, 6.07) is 4.22. The quantitative estimate of drug-likeness (QED) is 0.899. The lowest BCUT2D eigenvalue weighted by Gasteiger charge is -2.30. The van der Waals surface area contributed by atoms with Crippen LogP contribution in [0, 0.1) is 19.8 Å². The van der Waals surface area contributed by atoms with Gasteiger partial charge in [-0.2, -0.15) is 0 Å². The molecule has 0 aliphatic carbocycles. The maximum atomic E-state index is 12.3. The summed E-state index contributed by atoms with van der Waals surface area (Å²) in [6.07, 6.45) is 2.25. The molecule has 0 unspecified atom stereocenters. The highest BCUT2D eigenvalue weighted by Crippen LogP contribution is 2.25. The predicted octanol–water partition coefficient (Wildman–Crippen LogP) is 2.23. The number of piperidine rings is 1. The van der Waals surface area contributed by atoms with Crippen LogP contribution in [0.5, 0.6) is 5.75 Å². The summed E-state index contributed by atoms with van der Waals surface area (Å²) in [7, 11) is 1.68. The number of amides is 2. The molecule has 1 N–H and O–H groups in total. The van der Waals surface area contributed by atoms with Gasteiger partial charge in [0.25, 0.3) is 0 Å². The molecular weight excluding hydrogens is 304 g/mol. The minimum absolute atomic E-state index is 0.0155. The number of rotatable bonds is 5. The number of carbonyl (C=O) groups is 2. The van der Waals surface area contributed by atoms with E-state index in [-0.39, 0.29) is 17.7 Å². The zero-order valence-corrected chi connectivity index (χ0v) is 15.1. The predicted molar refractivity (Wildman–Crippen MR) is 94.2 cm³/mol. The largest absolute Gasteiger partial charge is 0.496 e. The van der Waals surface area contributed by atoms with Crippen LogP contribution in [0.15, 0.2) is 12.1 Å². The minimum Gasteiger partial charge on any atom is -0.496 e. The molecule has 1 fully saturated rings. The Balaban J connectivity index is 1.84. The van der Waals surface area contributed by atoms with Crippen molar-refractivity contribution in [2.24, 2.45) is 5.92 Å². The molecule has 1 saturated heterocycles. The van der Waals surface area contributed by atoms with E-state index in [0.717, 1.165) is 36.1 Å². The van der Waals surface area contributed by atoms with Crippen LogP contribution in [0.4, 0.5) is 0 Å². The minimum atomic E-state index is 0.0155. The summed E-state index contributed by atoms with van der Waals surface area (Å²) in [5.41, 5.74) is 3.45. The van der Waals surface area contributed by atoms with Crippen molar-refractivity contribution < 1.29 is 14.3 Å². The van der Waals surface area contributed by atoms with Crippen molar-refractivity contribution in [2.45, 2.75) is 40.0 Å². The molecule has 2 rings (SSSR count). The van der Waals surface area contributed by atoms with E-state index >= 15 is 0 Å². The normalized spacial score (nSPS) is 15.2. The summed E-state index contributed by atoms with van der Waals surface area (Å²) in [6.45, 7) is 7.65. The van der Waals surface area contributed by atoms with Gasteiger partial charge in [0, 0.05) is 32.5 Å². The van der Waals surface area contributed by atoms with Gasteiger partial charge < -0.3 is 15.0 Å². The van der Waals surface area contributed by atoms with E-state index in [1.165, 1.54) is 5.56 Å². The number of nitrogens with zero attached hydrogens (tertiary/aromatic N) is 1. The highest BCUT2D eigenvalue weighted by Gasteiger charge is 2.25. The fourth-order valence-electron chi connectivity index (χ4n) is 3.44. The van der Waals surface area contributed by atoms with Crippen molar-refractivity contribution in [1.82, 2.24) is 10.2 Å². The summed E-state index contributed by atoms with van der Waals surface area (Å²) in [4.78, 5) is 25.5. The Morgan fingerprint density at radius 1 is 1.25 bits per heavy atom. The number of carbonyl (C=O) groups excluding carboxylic acids is 2. The van der Waals surface area contributed by atoms with Gasteiger partial charge in [-0.05, 0) is 44.2 Å². The molecule has 0 radical (unpaired) electrons. The van der Waals surface area contributed by atoms with Gasteiger partial charge in [-0.15, -0.1) is 0 Å². The third kappa shape index (κ3) is 4.49. The van der Waals surface area contributed by atoms with Crippen LogP contribution in [0.25, 0.3) is 0 Å². The van der Waals surface area contributed by atoms with Crippen LogP contribution in [0.1, 0.15) is 36.5 Å². The first-order valence-corrected chi connectivity index (χ1v) is 8.59. The lowest BCUT2D eigenvalue weighted by molar-refractivity contribution is -0.133. The Hall–Kier alpha value is -2.04. The van der Waals surface area contributed by atoms with E-state index in [9.17, 15) is 9.59 Å². The van der Waals surface area contributed by atoms with Crippen LogP contribution < -0.4 is 10.1 Å². The molecule has 1 heterocycles. The molecule has 132 valence electrons. The first-order chi connectivity index (χ1) is 11.4. The zero-order chi connectivity index (χ0) is 17.7. The lowest BCUT2D eigenvalue weighted by atomic mass is 9.95. The third-order valence-electron chi connectivity index (χ3n) is 4.70. The molecule has 1 aromatic rings. The molecule has 0 aromatic heterocycles. The van der Waals surface area contributed by atoms with E-state index in [1.54, 1.807) is 14.0 Å². The van der Waals surface area contributed by atoms with Gasteiger partial charge in [0.2, 0.25) is 11.8 Å². The van der Waals surface area contributed by atoms with E-state index < -0.39 is 0 Å². The smallest absolute Gasteiger partial charge is 0.223 e. The Labute approximate surface area is 144 Å². The van der Waals surface area contributed by atoms with Gasteiger partial charge in [0.15, 0.2) is 0 Å². The second kappa shape index (κ2) is 8.18. The van der Waals surface area contributed by atoms with Crippen molar-refractivity contribution in [2.75, 3.05) is 26.7 Å². The number of benzene rings is 1. The van der Waals surface area contributed by atoms with Crippen molar-refractivity contribution in [3.05, 3.63) is 28.8 Å². The molecule has 24 heavy (non-hydrogen) atoms. The maximum absolute atomic E-state index is 12.3. The Morgan fingerprint density at radius 3 is 2.50 bits per heavy atom. The first-order valence-electron chi connectivity index (χ1n) is 8.59. The summed E-state index contributed by atoms with van der Waals surface area (Å²) in [5.74, 6) is 1.11. The molecule has 0 bridgehead atoms. The molecule has 0 saturated carbocycles. The standard InChI is InChI=1S/C19H28N2O3/c1-13-11-14(2)18(24-4)17(12-13)5-8-20-19(23)16-6-9-21(10-7-16)15(3)22/h11-12,16H,5-10H2,1-4H3,(H,20,23). The number of hydrogen-bond acceptors (Lipinski definition) is 3. The molecule has 1 aromatic carbocycles. The summed E-state index contributed by atoms with van der Waals surface area (Å²) < 4.78 is 5.49. The molecule has 1 aliphatic rings. The molecule has 5 nitrogen and oxygen atoms in total. The first kappa shape index (κ1) is 18.3. The number of methoxy groups -OCH3 is 1. The maximum Gasteiger partial charge on any atom is 0.223 e. The highest BCUT2D eigenvalue weighted by atomic mass is 16.5. The topological polar surface area (TPSA) is 58.6 Å². The second-order valence-electron chi connectivity index (χ2n) is 6.60. The Bertz CT molecular complexity index is 605. The molecule has 0 spiro atoms. The SMILES string of the molecule is COc1c(C)cc(C)cc1CCNC(=O)C1CCN(C(C)=O)CC1. The van der Waals surface area contributed by atoms with E-state index in [4.69, 9.17) is 4.74 Å². The van der Waals surface area contributed by atoms with Crippen molar-refractivity contribution in [1.29, 1.82) is 0 Å². The van der Waals surface area contributed by atoms with E-state index in [1.807, 2.05) is 11.8 Å². The number of nitrogens with one attached hydrogen (secondary N) is 1. The number of hydrogen-bond donors (Lipinski definition) is 1. The second-order valence-corrected chi connectivity index (χ2v) is 6.60. The molecule has 2 amide bonds. The Morgan fingerprint density at radius 2 is 1.92 bits per heavy atom. The monoisotopic (exact) mass is 332 g/mol.